The molecule has 2 heterocycles. The van der Waals surface area contributed by atoms with Crippen LogP contribution in [0.2, 0.25) is 0 Å². The molecule has 0 bridgehead atoms. The van der Waals surface area contributed by atoms with Gasteiger partial charge in [0.1, 0.15) is 10.8 Å². The molecule has 0 unspecified atom stereocenters. The highest BCUT2D eigenvalue weighted by atomic mass is 32.1. The highest BCUT2D eigenvalue weighted by molar-refractivity contribution is 7.13. The van der Waals surface area contributed by atoms with Crippen LogP contribution in [-0.4, -0.2) is 9.97 Å². The second-order valence-corrected chi connectivity index (χ2v) is 4.45. The summed E-state index contributed by atoms with van der Waals surface area (Å²) in [4.78, 5) is 8.44. The van der Waals surface area contributed by atoms with E-state index >= 15 is 0 Å². The smallest absolute Gasteiger partial charge is 0.142 e. The Hall–Kier alpha value is -1.29. The zero-order valence-corrected chi connectivity index (χ0v) is 9.38. The predicted octanol–water partition coefficient (Wildman–Crippen LogP) is 3.47. The summed E-state index contributed by atoms with van der Waals surface area (Å²) in [5.74, 6) is 0.0924. The summed E-state index contributed by atoms with van der Waals surface area (Å²) < 4.78 is 12.7. The zero-order valence-electron chi connectivity index (χ0n) is 8.57. The van der Waals surface area contributed by atoms with Gasteiger partial charge in [-0.3, -0.25) is 4.98 Å². The van der Waals surface area contributed by atoms with E-state index in [1.807, 2.05) is 5.38 Å². The first-order valence-electron chi connectivity index (χ1n) is 4.74. The minimum atomic E-state index is -0.320. The van der Waals surface area contributed by atoms with Gasteiger partial charge in [0.15, 0.2) is 0 Å². The molecule has 0 aliphatic rings. The Bertz CT molecular complexity index is 448. The molecule has 0 N–H and O–H groups in total. The number of aromatic nitrogens is 2. The molecule has 0 spiro atoms. The Kier molecular flexibility index (Phi) is 2.77. The van der Waals surface area contributed by atoms with Crippen molar-refractivity contribution in [3.8, 4) is 10.7 Å². The Morgan fingerprint density at radius 1 is 1.33 bits per heavy atom. The maximum atomic E-state index is 12.7. The predicted molar refractivity (Wildman–Crippen MR) is 59.4 cm³/mol. The van der Waals surface area contributed by atoms with E-state index in [9.17, 15) is 4.39 Å². The van der Waals surface area contributed by atoms with Gasteiger partial charge in [0, 0.05) is 5.38 Å². The molecule has 0 aliphatic carbocycles. The van der Waals surface area contributed by atoms with Crippen molar-refractivity contribution < 1.29 is 4.39 Å². The Labute approximate surface area is 91.8 Å². The fourth-order valence-electron chi connectivity index (χ4n) is 1.17. The van der Waals surface area contributed by atoms with Gasteiger partial charge in [0.2, 0.25) is 0 Å². The van der Waals surface area contributed by atoms with Crippen LogP contribution in [0.4, 0.5) is 4.39 Å². The number of thiazole rings is 1. The Balaban J connectivity index is 2.33. The number of pyridine rings is 1. The van der Waals surface area contributed by atoms with Crippen molar-refractivity contribution in [3.05, 3.63) is 35.2 Å². The molecule has 4 heteroatoms. The van der Waals surface area contributed by atoms with Crippen molar-refractivity contribution in [2.24, 2.45) is 0 Å². The molecule has 0 atom stereocenters. The third-order valence-electron chi connectivity index (χ3n) is 2.06. The third-order valence-corrected chi connectivity index (χ3v) is 2.94. The van der Waals surface area contributed by atoms with E-state index in [1.54, 1.807) is 17.4 Å². The average molecular weight is 222 g/mol. The van der Waals surface area contributed by atoms with Crippen LogP contribution in [0.15, 0.2) is 23.7 Å². The van der Waals surface area contributed by atoms with Crippen molar-refractivity contribution in [2.75, 3.05) is 0 Å². The Morgan fingerprint density at radius 3 is 2.67 bits per heavy atom. The van der Waals surface area contributed by atoms with Crippen LogP contribution in [0.5, 0.6) is 0 Å². The van der Waals surface area contributed by atoms with Crippen LogP contribution in [0, 0.1) is 5.82 Å². The lowest BCUT2D eigenvalue weighted by Crippen LogP contribution is -1.88. The summed E-state index contributed by atoms with van der Waals surface area (Å²) in [5, 5.41) is 2.86. The summed E-state index contributed by atoms with van der Waals surface area (Å²) in [6.45, 7) is 4.19. The molecule has 2 rings (SSSR count). The van der Waals surface area contributed by atoms with Crippen molar-refractivity contribution in [1.29, 1.82) is 0 Å². The molecule has 0 aromatic carbocycles. The summed E-state index contributed by atoms with van der Waals surface area (Å²) >= 11 is 1.54. The van der Waals surface area contributed by atoms with Gasteiger partial charge in [-0.05, 0) is 18.1 Å². The molecule has 2 nitrogen and oxygen atoms in total. The molecule has 0 fully saturated rings. The van der Waals surface area contributed by atoms with Crippen LogP contribution < -0.4 is 0 Å². The molecule has 0 radical (unpaired) electrons. The van der Waals surface area contributed by atoms with Crippen molar-refractivity contribution in [1.82, 2.24) is 9.97 Å². The standard InChI is InChI=1S/C11H11FN2S/c1-7(2)10-6-15-11(14-10)9-4-3-8(12)5-13-9/h3-7H,1-2H3. The molecule has 78 valence electrons. The van der Waals surface area contributed by atoms with Gasteiger partial charge in [0.25, 0.3) is 0 Å². The topological polar surface area (TPSA) is 25.8 Å². The molecule has 0 aliphatic heterocycles. The lowest BCUT2D eigenvalue weighted by atomic mass is 10.2. The summed E-state index contributed by atoms with van der Waals surface area (Å²) in [5.41, 5.74) is 1.79. The van der Waals surface area contributed by atoms with E-state index < -0.39 is 0 Å². The summed E-state index contributed by atoms with van der Waals surface area (Å²) in [7, 11) is 0. The monoisotopic (exact) mass is 222 g/mol. The average Bonchev–Trinajstić information content (AvgIpc) is 2.68. The normalized spacial score (nSPS) is 10.9. The van der Waals surface area contributed by atoms with Gasteiger partial charge >= 0.3 is 0 Å². The summed E-state index contributed by atoms with van der Waals surface area (Å²) in [6, 6.07) is 3.05. The van der Waals surface area contributed by atoms with Gasteiger partial charge < -0.3 is 0 Å². The fourth-order valence-corrected chi connectivity index (χ4v) is 2.13. The van der Waals surface area contributed by atoms with Crippen LogP contribution in [0.25, 0.3) is 10.7 Å². The van der Waals surface area contributed by atoms with E-state index in [0.29, 0.717) is 5.92 Å². The van der Waals surface area contributed by atoms with E-state index in [2.05, 4.69) is 23.8 Å². The fraction of sp³-hybridized carbons (Fsp3) is 0.273. The first-order valence-corrected chi connectivity index (χ1v) is 5.62. The second-order valence-electron chi connectivity index (χ2n) is 3.59. The van der Waals surface area contributed by atoms with Gasteiger partial charge in [-0.1, -0.05) is 13.8 Å². The molecule has 2 aromatic heterocycles. The van der Waals surface area contributed by atoms with Crippen LogP contribution in [0.1, 0.15) is 25.5 Å². The minimum Gasteiger partial charge on any atom is -0.251 e. The highest BCUT2D eigenvalue weighted by Gasteiger charge is 2.08. The van der Waals surface area contributed by atoms with Crippen molar-refractivity contribution in [3.63, 3.8) is 0 Å². The van der Waals surface area contributed by atoms with Gasteiger partial charge in [-0.25, -0.2) is 9.37 Å². The molecule has 15 heavy (non-hydrogen) atoms. The number of nitrogens with zero attached hydrogens (tertiary/aromatic N) is 2. The number of rotatable bonds is 2. The molecule has 0 saturated heterocycles. The van der Waals surface area contributed by atoms with Crippen LogP contribution >= 0.6 is 11.3 Å². The SMILES string of the molecule is CC(C)c1csc(-c2ccc(F)cn2)n1. The van der Waals surface area contributed by atoms with Gasteiger partial charge in [0.05, 0.1) is 17.6 Å². The first-order chi connectivity index (χ1) is 7.16. The third kappa shape index (κ3) is 2.21. The lowest BCUT2D eigenvalue weighted by molar-refractivity contribution is 0.622. The maximum absolute atomic E-state index is 12.7. The lowest BCUT2D eigenvalue weighted by Gasteiger charge is -1.97. The zero-order chi connectivity index (χ0) is 10.8. The van der Waals surface area contributed by atoms with Crippen LogP contribution in [-0.2, 0) is 0 Å². The maximum Gasteiger partial charge on any atom is 0.142 e. The number of hydrogen-bond donors (Lipinski definition) is 0. The van der Waals surface area contributed by atoms with E-state index in [4.69, 9.17) is 0 Å². The molecular formula is C11H11FN2S. The molecule has 0 saturated carbocycles. The molecule has 2 aromatic rings. The quantitative estimate of drug-likeness (QED) is 0.777. The minimum absolute atomic E-state index is 0.320. The van der Waals surface area contributed by atoms with E-state index in [0.717, 1.165) is 16.4 Å². The second kappa shape index (κ2) is 4.06. The van der Waals surface area contributed by atoms with Gasteiger partial charge in [-0.15, -0.1) is 11.3 Å². The molecule has 0 amide bonds. The highest BCUT2D eigenvalue weighted by Crippen LogP contribution is 2.25. The molecular weight excluding hydrogens is 211 g/mol. The Morgan fingerprint density at radius 2 is 2.13 bits per heavy atom. The summed E-state index contributed by atoms with van der Waals surface area (Å²) in [6.07, 6.45) is 1.21. The number of halogens is 1. The number of hydrogen-bond acceptors (Lipinski definition) is 3. The van der Waals surface area contributed by atoms with Crippen LogP contribution in [0.3, 0.4) is 0 Å². The van der Waals surface area contributed by atoms with Crippen molar-refractivity contribution >= 4 is 11.3 Å². The van der Waals surface area contributed by atoms with E-state index in [-0.39, 0.29) is 5.82 Å². The first kappa shape index (κ1) is 10.2. The van der Waals surface area contributed by atoms with Gasteiger partial charge in [-0.2, -0.15) is 0 Å². The largest absolute Gasteiger partial charge is 0.251 e. The van der Waals surface area contributed by atoms with E-state index in [1.165, 1.54) is 12.3 Å². The van der Waals surface area contributed by atoms with Crippen molar-refractivity contribution in [2.45, 2.75) is 19.8 Å².